The third kappa shape index (κ3) is 2.71. The molecule has 0 aromatic carbocycles. The number of thiophene rings is 1. The van der Waals surface area contributed by atoms with Crippen LogP contribution in [0.2, 0.25) is 0 Å². The van der Waals surface area contributed by atoms with Crippen LogP contribution in [-0.4, -0.2) is 14.8 Å². The Balaban J connectivity index is 1.79. The van der Waals surface area contributed by atoms with Gasteiger partial charge in [-0.05, 0) is 41.9 Å². The molecule has 0 aliphatic rings. The lowest BCUT2D eigenvalue weighted by Gasteiger charge is -2.07. The maximum Gasteiger partial charge on any atom is 0.158 e. The van der Waals surface area contributed by atoms with Crippen molar-refractivity contribution in [1.29, 1.82) is 0 Å². The molecule has 3 heterocycles. The van der Waals surface area contributed by atoms with Crippen molar-refractivity contribution in [3.63, 3.8) is 0 Å². The fourth-order valence-corrected chi connectivity index (χ4v) is 3.44. The van der Waals surface area contributed by atoms with Crippen molar-refractivity contribution >= 4 is 44.0 Å². The molecule has 3 aromatic rings. The van der Waals surface area contributed by atoms with Gasteiger partial charge in [-0.1, -0.05) is 0 Å². The maximum atomic E-state index is 4.51. The Morgan fingerprint density at radius 2 is 2.20 bits per heavy atom. The fraction of sp³-hybridized carbons (Fsp3) is 0.286. The molecular weight excluding hydrogens is 336 g/mol. The van der Waals surface area contributed by atoms with Crippen molar-refractivity contribution in [3.05, 3.63) is 39.3 Å². The summed E-state index contributed by atoms with van der Waals surface area (Å²) in [5, 5.41) is 10.9. The Labute approximate surface area is 130 Å². The second kappa shape index (κ2) is 5.54. The van der Waals surface area contributed by atoms with Crippen LogP contribution in [0.25, 0.3) is 11.0 Å². The van der Waals surface area contributed by atoms with Crippen LogP contribution in [0.4, 0.5) is 5.69 Å². The fourth-order valence-electron chi connectivity index (χ4n) is 2.05. The molecule has 1 N–H and O–H groups in total. The number of nitrogens with zero attached hydrogens (tertiary/aromatic N) is 3. The molecule has 0 fully saturated rings. The summed E-state index contributed by atoms with van der Waals surface area (Å²) in [7, 11) is 0. The molecule has 0 radical (unpaired) electrons. The van der Waals surface area contributed by atoms with Gasteiger partial charge in [-0.3, -0.25) is 0 Å². The van der Waals surface area contributed by atoms with Gasteiger partial charge in [-0.2, -0.15) is 5.10 Å². The largest absolute Gasteiger partial charge is 0.379 e. The molecule has 0 saturated heterocycles. The van der Waals surface area contributed by atoms with E-state index in [1.807, 2.05) is 17.1 Å². The number of hydrogen-bond donors (Lipinski definition) is 1. The molecule has 6 heteroatoms. The maximum absolute atomic E-state index is 4.51. The predicted molar refractivity (Wildman–Crippen MR) is 87.3 cm³/mol. The summed E-state index contributed by atoms with van der Waals surface area (Å²) >= 11 is 5.20. The molecule has 3 rings (SSSR count). The first-order valence-electron chi connectivity index (χ1n) is 6.43. The molecule has 104 valence electrons. The highest BCUT2D eigenvalue weighted by molar-refractivity contribution is 9.10. The normalized spacial score (nSPS) is 11.4. The van der Waals surface area contributed by atoms with E-state index in [9.17, 15) is 0 Å². The number of hydrogen-bond acceptors (Lipinski definition) is 4. The van der Waals surface area contributed by atoms with Gasteiger partial charge in [0.15, 0.2) is 5.65 Å². The quantitative estimate of drug-likeness (QED) is 0.755. The minimum Gasteiger partial charge on any atom is -0.379 e. The summed E-state index contributed by atoms with van der Waals surface area (Å²) in [5.41, 5.74) is 1.95. The van der Waals surface area contributed by atoms with Crippen LogP contribution in [0.1, 0.15) is 24.8 Å². The molecule has 0 saturated carbocycles. The highest BCUT2D eigenvalue weighted by Crippen LogP contribution is 2.22. The second-order valence-electron chi connectivity index (χ2n) is 4.90. The van der Waals surface area contributed by atoms with Gasteiger partial charge in [0.2, 0.25) is 0 Å². The van der Waals surface area contributed by atoms with Gasteiger partial charge in [-0.15, -0.1) is 11.3 Å². The summed E-state index contributed by atoms with van der Waals surface area (Å²) in [6.45, 7) is 5.02. The lowest BCUT2D eigenvalue weighted by atomic mass is 10.3. The Hall–Kier alpha value is -1.40. The third-order valence-corrected chi connectivity index (χ3v) is 4.71. The summed E-state index contributed by atoms with van der Waals surface area (Å²) in [6.07, 6.45) is 3.74. The van der Waals surface area contributed by atoms with Gasteiger partial charge in [0, 0.05) is 32.7 Å². The Morgan fingerprint density at radius 1 is 1.35 bits per heavy atom. The molecular formula is C14H15BrN4S. The van der Waals surface area contributed by atoms with Crippen LogP contribution >= 0.6 is 27.3 Å². The number of fused-ring (bicyclic) bond motifs is 1. The number of pyridine rings is 1. The number of anilines is 1. The zero-order valence-electron chi connectivity index (χ0n) is 11.3. The average molecular weight is 351 g/mol. The van der Waals surface area contributed by atoms with Crippen LogP contribution in [0.3, 0.4) is 0 Å². The third-order valence-electron chi connectivity index (χ3n) is 3.01. The molecule has 0 aliphatic heterocycles. The molecule has 3 aromatic heterocycles. The van der Waals surface area contributed by atoms with Crippen LogP contribution in [0.15, 0.2) is 34.4 Å². The molecule has 0 amide bonds. The van der Waals surface area contributed by atoms with Gasteiger partial charge < -0.3 is 5.32 Å². The molecule has 0 aliphatic carbocycles. The van der Waals surface area contributed by atoms with Crippen molar-refractivity contribution in [2.45, 2.75) is 26.4 Å². The minimum atomic E-state index is 0.322. The van der Waals surface area contributed by atoms with E-state index in [1.54, 1.807) is 11.3 Å². The van der Waals surface area contributed by atoms with E-state index in [1.165, 1.54) is 4.88 Å². The van der Waals surface area contributed by atoms with Crippen LogP contribution in [-0.2, 0) is 6.54 Å². The SMILES string of the molecule is CC(C)n1ncc2cc(NCc3cc(Br)cs3)cnc21. The van der Waals surface area contributed by atoms with E-state index in [2.05, 4.69) is 62.7 Å². The number of aromatic nitrogens is 3. The van der Waals surface area contributed by atoms with Gasteiger partial charge in [0.05, 0.1) is 18.1 Å². The van der Waals surface area contributed by atoms with Crippen molar-refractivity contribution in [3.8, 4) is 0 Å². The van der Waals surface area contributed by atoms with Gasteiger partial charge >= 0.3 is 0 Å². The van der Waals surface area contributed by atoms with E-state index in [0.717, 1.165) is 27.7 Å². The minimum absolute atomic E-state index is 0.322. The van der Waals surface area contributed by atoms with E-state index in [-0.39, 0.29) is 0 Å². The zero-order valence-corrected chi connectivity index (χ0v) is 13.7. The smallest absolute Gasteiger partial charge is 0.158 e. The molecule has 0 unspecified atom stereocenters. The molecule has 20 heavy (non-hydrogen) atoms. The van der Waals surface area contributed by atoms with Gasteiger partial charge in [0.25, 0.3) is 0 Å². The van der Waals surface area contributed by atoms with E-state index in [0.29, 0.717) is 6.04 Å². The summed E-state index contributed by atoms with van der Waals surface area (Å²) < 4.78 is 3.07. The lowest BCUT2D eigenvalue weighted by molar-refractivity contribution is 0.546. The Kier molecular flexibility index (Phi) is 3.76. The van der Waals surface area contributed by atoms with E-state index < -0.39 is 0 Å². The van der Waals surface area contributed by atoms with E-state index >= 15 is 0 Å². The first-order chi connectivity index (χ1) is 9.63. The molecule has 0 spiro atoms. The van der Waals surface area contributed by atoms with Crippen molar-refractivity contribution in [2.24, 2.45) is 0 Å². The molecule has 0 atom stereocenters. The second-order valence-corrected chi connectivity index (χ2v) is 6.82. The van der Waals surface area contributed by atoms with E-state index in [4.69, 9.17) is 0 Å². The number of rotatable bonds is 4. The summed E-state index contributed by atoms with van der Waals surface area (Å²) in [6, 6.07) is 4.54. The molecule has 0 bridgehead atoms. The first kappa shape index (κ1) is 13.6. The predicted octanol–water partition coefficient (Wildman–Crippen LogP) is 4.45. The van der Waals surface area contributed by atoms with Crippen LogP contribution in [0, 0.1) is 0 Å². The number of nitrogens with one attached hydrogen (secondary N) is 1. The average Bonchev–Trinajstić information content (AvgIpc) is 3.01. The first-order valence-corrected chi connectivity index (χ1v) is 8.11. The standard InChI is InChI=1S/C14H15BrN4S/c1-9(2)19-14-10(5-18-19)3-12(6-17-14)16-7-13-4-11(15)8-20-13/h3-6,8-9,16H,7H2,1-2H3. The van der Waals surface area contributed by atoms with Gasteiger partial charge in [-0.25, -0.2) is 9.67 Å². The number of halogens is 1. The van der Waals surface area contributed by atoms with Crippen molar-refractivity contribution in [2.75, 3.05) is 5.32 Å². The topological polar surface area (TPSA) is 42.7 Å². The Morgan fingerprint density at radius 3 is 2.90 bits per heavy atom. The van der Waals surface area contributed by atoms with Crippen LogP contribution in [0.5, 0.6) is 0 Å². The lowest BCUT2D eigenvalue weighted by Crippen LogP contribution is -2.03. The van der Waals surface area contributed by atoms with Crippen molar-refractivity contribution < 1.29 is 0 Å². The molecule has 4 nitrogen and oxygen atoms in total. The van der Waals surface area contributed by atoms with Gasteiger partial charge in [0.1, 0.15) is 0 Å². The van der Waals surface area contributed by atoms with Crippen LogP contribution < -0.4 is 5.32 Å². The summed E-state index contributed by atoms with van der Waals surface area (Å²) in [4.78, 5) is 5.80. The van der Waals surface area contributed by atoms with Crippen molar-refractivity contribution in [1.82, 2.24) is 14.8 Å². The zero-order chi connectivity index (χ0) is 14.1. The Bertz CT molecular complexity index is 732. The highest BCUT2D eigenvalue weighted by atomic mass is 79.9. The highest BCUT2D eigenvalue weighted by Gasteiger charge is 2.07. The summed E-state index contributed by atoms with van der Waals surface area (Å²) in [5.74, 6) is 0. The monoisotopic (exact) mass is 350 g/mol.